The Balaban J connectivity index is 2.02. The Labute approximate surface area is 156 Å². The third-order valence-corrected chi connectivity index (χ3v) is 4.13. The van der Waals surface area contributed by atoms with Crippen LogP contribution in [0.2, 0.25) is 0 Å². The van der Waals surface area contributed by atoms with Gasteiger partial charge in [0.1, 0.15) is 0 Å². The zero-order valence-electron chi connectivity index (χ0n) is 15.3. The van der Waals surface area contributed by atoms with Crippen molar-refractivity contribution in [1.29, 1.82) is 0 Å². The highest BCUT2D eigenvalue weighted by molar-refractivity contribution is 5.64. The molecule has 0 bridgehead atoms. The van der Waals surface area contributed by atoms with Crippen molar-refractivity contribution in [2.75, 3.05) is 19.5 Å². The van der Waals surface area contributed by atoms with Crippen LogP contribution in [-0.4, -0.2) is 23.8 Å². The van der Waals surface area contributed by atoms with Gasteiger partial charge in [-0.05, 0) is 24.1 Å². The van der Waals surface area contributed by atoms with Crippen LogP contribution in [0.1, 0.15) is 11.1 Å². The molecule has 0 aliphatic rings. The molecule has 0 aliphatic carbocycles. The number of methoxy groups -OCH3 is 2. The maximum absolute atomic E-state index is 13.8. The molecule has 0 fully saturated rings. The third kappa shape index (κ3) is 4.08. The smallest absolute Gasteiger partial charge is 0.310 e. The summed E-state index contributed by atoms with van der Waals surface area (Å²) in [5.41, 5.74) is 1.57. The second-order valence-corrected chi connectivity index (χ2v) is 5.98. The van der Waals surface area contributed by atoms with E-state index in [9.17, 15) is 9.18 Å². The summed E-state index contributed by atoms with van der Waals surface area (Å²) < 4.78 is 26.0. The number of halogens is 1. The molecule has 0 saturated heterocycles. The maximum Gasteiger partial charge on any atom is 0.310 e. The van der Waals surface area contributed by atoms with Crippen LogP contribution in [0, 0.1) is 12.7 Å². The van der Waals surface area contributed by atoms with E-state index in [2.05, 4.69) is 10.3 Å². The Bertz CT molecular complexity index is 1000. The lowest BCUT2D eigenvalue weighted by molar-refractivity contribution is 0.355. The van der Waals surface area contributed by atoms with E-state index in [-0.39, 0.29) is 5.95 Å². The summed E-state index contributed by atoms with van der Waals surface area (Å²) in [5.74, 6) is 0.458. The van der Waals surface area contributed by atoms with E-state index in [1.807, 2.05) is 43.3 Å². The summed E-state index contributed by atoms with van der Waals surface area (Å²) in [5, 5.41) is 3.10. The van der Waals surface area contributed by atoms with Crippen molar-refractivity contribution in [3.63, 3.8) is 0 Å². The largest absolute Gasteiger partial charge is 0.493 e. The first kappa shape index (κ1) is 18.4. The van der Waals surface area contributed by atoms with E-state index >= 15 is 0 Å². The average molecular weight is 369 g/mol. The lowest BCUT2D eigenvalue weighted by Crippen LogP contribution is -2.20. The topological polar surface area (TPSA) is 65.4 Å². The minimum absolute atomic E-state index is 0.237. The van der Waals surface area contributed by atoms with Gasteiger partial charge in [-0.25, -0.2) is 0 Å². The average Bonchev–Trinajstić information content (AvgIpc) is 2.67. The number of anilines is 2. The molecule has 0 atom stereocenters. The molecule has 7 heteroatoms. The van der Waals surface area contributed by atoms with Crippen LogP contribution in [0.25, 0.3) is 0 Å². The Kier molecular flexibility index (Phi) is 5.40. The van der Waals surface area contributed by atoms with Crippen LogP contribution in [0.4, 0.5) is 16.0 Å². The number of ether oxygens (including phenoxy) is 2. The van der Waals surface area contributed by atoms with Gasteiger partial charge in [0.15, 0.2) is 11.5 Å². The fourth-order valence-electron chi connectivity index (χ4n) is 2.70. The lowest BCUT2D eigenvalue weighted by Gasteiger charge is -2.17. The Hall–Kier alpha value is -3.35. The van der Waals surface area contributed by atoms with Crippen LogP contribution in [-0.2, 0) is 6.54 Å². The standard InChI is InChI=1S/C20H20FN3O3/c1-13-9-17(26-2)18(27-3)10-16(13)22-20-23-19(25)15(21)12-24(20)11-14-7-5-4-6-8-14/h4-10,12H,11H2,1-3H3,(H,22,23,25). The van der Waals surface area contributed by atoms with Gasteiger partial charge in [-0.1, -0.05) is 30.3 Å². The SMILES string of the molecule is COc1cc(C)c(Nc2nc(=O)c(F)cn2Cc2ccccc2)cc1OC. The quantitative estimate of drug-likeness (QED) is 0.720. The predicted molar refractivity (Wildman–Crippen MR) is 102 cm³/mol. The first-order valence-electron chi connectivity index (χ1n) is 8.32. The molecule has 1 aromatic heterocycles. The number of aromatic nitrogens is 2. The van der Waals surface area contributed by atoms with E-state index in [0.717, 1.165) is 17.3 Å². The van der Waals surface area contributed by atoms with Crippen LogP contribution in [0.3, 0.4) is 0 Å². The van der Waals surface area contributed by atoms with Gasteiger partial charge in [-0.15, -0.1) is 0 Å². The van der Waals surface area contributed by atoms with Crippen molar-refractivity contribution in [1.82, 2.24) is 9.55 Å². The molecule has 0 spiro atoms. The molecule has 27 heavy (non-hydrogen) atoms. The van der Waals surface area contributed by atoms with Crippen molar-refractivity contribution >= 4 is 11.6 Å². The van der Waals surface area contributed by atoms with Crippen molar-refractivity contribution in [2.45, 2.75) is 13.5 Å². The highest BCUT2D eigenvalue weighted by atomic mass is 19.1. The fourth-order valence-corrected chi connectivity index (χ4v) is 2.70. The van der Waals surface area contributed by atoms with Gasteiger partial charge in [-0.3, -0.25) is 4.79 Å². The number of hydrogen-bond donors (Lipinski definition) is 1. The van der Waals surface area contributed by atoms with Crippen molar-refractivity contribution in [3.05, 3.63) is 76.0 Å². The van der Waals surface area contributed by atoms with Gasteiger partial charge in [0.2, 0.25) is 11.8 Å². The maximum atomic E-state index is 13.8. The van der Waals surface area contributed by atoms with Gasteiger partial charge in [0, 0.05) is 18.0 Å². The minimum atomic E-state index is -0.917. The van der Waals surface area contributed by atoms with Crippen LogP contribution in [0.15, 0.2) is 53.5 Å². The van der Waals surface area contributed by atoms with Gasteiger partial charge in [0.05, 0.1) is 20.8 Å². The molecule has 0 amide bonds. The highest BCUT2D eigenvalue weighted by Gasteiger charge is 2.13. The molecule has 0 aliphatic heterocycles. The normalized spacial score (nSPS) is 10.5. The second kappa shape index (κ2) is 7.90. The zero-order valence-corrected chi connectivity index (χ0v) is 15.3. The van der Waals surface area contributed by atoms with Crippen molar-refractivity contribution < 1.29 is 13.9 Å². The summed E-state index contributed by atoms with van der Waals surface area (Å²) >= 11 is 0. The van der Waals surface area contributed by atoms with Gasteiger partial charge >= 0.3 is 5.56 Å². The number of nitrogens with zero attached hydrogens (tertiary/aromatic N) is 2. The molecule has 1 N–H and O–H groups in total. The van der Waals surface area contributed by atoms with E-state index in [1.165, 1.54) is 0 Å². The molecule has 2 aromatic carbocycles. The minimum Gasteiger partial charge on any atom is -0.493 e. The molecule has 6 nitrogen and oxygen atoms in total. The van der Waals surface area contributed by atoms with E-state index < -0.39 is 11.4 Å². The summed E-state index contributed by atoms with van der Waals surface area (Å²) in [6, 6.07) is 13.1. The van der Waals surface area contributed by atoms with Crippen molar-refractivity contribution in [2.24, 2.45) is 0 Å². The molecule has 0 saturated carbocycles. The molecule has 140 valence electrons. The van der Waals surface area contributed by atoms with Crippen LogP contribution >= 0.6 is 0 Å². The Morgan fingerprint density at radius 3 is 2.44 bits per heavy atom. The number of nitrogens with one attached hydrogen (secondary N) is 1. The van der Waals surface area contributed by atoms with Gasteiger partial charge < -0.3 is 19.4 Å². The zero-order chi connectivity index (χ0) is 19.4. The molecule has 1 heterocycles. The fraction of sp³-hybridized carbons (Fsp3) is 0.200. The third-order valence-electron chi connectivity index (χ3n) is 4.13. The molecule has 0 unspecified atom stereocenters. The van der Waals surface area contributed by atoms with Crippen LogP contribution in [0.5, 0.6) is 11.5 Å². The Morgan fingerprint density at radius 1 is 1.11 bits per heavy atom. The number of hydrogen-bond acceptors (Lipinski definition) is 5. The van der Waals surface area contributed by atoms with E-state index in [1.54, 1.807) is 24.9 Å². The summed E-state index contributed by atoms with van der Waals surface area (Å²) in [7, 11) is 3.10. The van der Waals surface area contributed by atoms with Crippen LogP contribution < -0.4 is 20.3 Å². The predicted octanol–water partition coefficient (Wildman–Crippen LogP) is 3.50. The number of rotatable bonds is 6. The number of aryl methyl sites for hydroxylation is 1. The van der Waals surface area contributed by atoms with Crippen molar-refractivity contribution in [3.8, 4) is 11.5 Å². The monoisotopic (exact) mass is 369 g/mol. The van der Waals surface area contributed by atoms with Gasteiger partial charge in [-0.2, -0.15) is 9.37 Å². The second-order valence-electron chi connectivity index (χ2n) is 5.98. The summed E-state index contributed by atoms with van der Waals surface area (Å²) in [6.45, 7) is 2.24. The first-order valence-corrected chi connectivity index (χ1v) is 8.32. The van der Waals surface area contributed by atoms with Gasteiger partial charge in [0.25, 0.3) is 0 Å². The summed E-state index contributed by atoms with van der Waals surface area (Å²) in [6.07, 6.45) is 1.15. The molecular weight excluding hydrogens is 349 g/mol. The number of benzene rings is 2. The first-order chi connectivity index (χ1) is 13.0. The highest BCUT2D eigenvalue weighted by Crippen LogP contribution is 2.34. The lowest BCUT2D eigenvalue weighted by atomic mass is 10.1. The summed E-state index contributed by atoms with van der Waals surface area (Å²) in [4.78, 5) is 15.6. The molecular formula is C20H20FN3O3. The molecule has 3 rings (SSSR count). The molecule has 0 radical (unpaired) electrons. The van der Waals surface area contributed by atoms with E-state index in [4.69, 9.17) is 9.47 Å². The van der Waals surface area contributed by atoms with E-state index in [0.29, 0.717) is 23.7 Å². The molecule has 3 aromatic rings. The Morgan fingerprint density at radius 2 is 1.78 bits per heavy atom.